The zero-order valence-electron chi connectivity index (χ0n) is 17.3. The van der Waals surface area contributed by atoms with Crippen molar-refractivity contribution in [3.05, 3.63) is 59.2 Å². The van der Waals surface area contributed by atoms with E-state index < -0.39 is 0 Å². The van der Waals surface area contributed by atoms with Crippen molar-refractivity contribution >= 4 is 11.6 Å². The summed E-state index contributed by atoms with van der Waals surface area (Å²) in [6.45, 7) is 9.44. The molecule has 0 spiro atoms. The van der Waals surface area contributed by atoms with E-state index in [1.807, 2.05) is 24.0 Å². The van der Waals surface area contributed by atoms with Gasteiger partial charge in [-0.3, -0.25) is 14.7 Å². The number of halogens is 1. The Labute approximate surface area is 172 Å². The second kappa shape index (κ2) is 8.49. The number of hydrogen-bond acceptors (Lipinski definition) is 4. The molecule has 1 aromatic heterocycles. The van der Waals surface area contributed by atoms with E-state index in [4.69, 9.17) is 4.98 Å². The fourth-order valence-electron chi connectivity index (χ4n) is 4.43. The van der Waals surface area contributed by atoms with Crippen molar-refractivity contribution in [2.24, 2.45) is 0 Å². The molecule has 0 saturated carbocycles. The summed E-state index contributed by atoms with van der Waals surface area (Å²) >= 11 is 0. The van der Waals surface area contributed by atoms with Crippen LogP contribution in [0.2, 0.25) is 0 Å². The quantitative estimate of drug-likeness (QED) is 0.796. The van der Waals surface area contributed by atoms with Crippen molar-refractivity contribution in [2.75, 3.05) is 44.2 Å². The zero-order valence-corrected chi connectivity index (χ0v) is 17.3. The smallest absolute Gasteiger partial charge is 0.219 e. The number of hydrogen-bond donors (Lipinski definition) is 0. The van der Waals surface area contributed by atoms with Crippen LogP contribution in [0.3, 0.4) is 0 Å². The summed E-state index contributed by atoms with van der Waals surface area (Å²) in [7, 11) is 0. The van der Waals surface area contributed by atoms with E-state index in [0.717, 1.165) is 62.6 Å². The Kier molecular flexibility index (Phi) is 5.81. The number of anilines is 1. The van der Waals surface area contributed by atoms with E-state index in [9.17, 15) is 9.18 Å². The van der Waals surface area contributed by atoms with E-state index in [2.05, 4.69) is 21.9 Å². The van der Waals surface area contributed by atoms with Crippen molar-refractivity contribution in [3.8, 4) is 0 Å². The van der Waals surface area contributed by atoms with Crippen LogP contribution in [0.25, 0.3) is 0 Å². The molecule has 154 valence electrons. The molecule has 1 aromatic carbocycles. The zero-order chi connectivity index (χ0) is 20.4. The summed E-state index contributed by atoms with van der Waals surface area (Å²) in [6, 6.07) is 11.4. The number of pyridine rings is 1. The largest absolute Gasteiger partial charge is 0.368 e. The number of carbonyl (C=O) groups excluding carboxylic acids is 1. The first-order valence-electron chi connectivity index (χ1n) is 10.4. The minimum atomic E-state index is -0.128. The fraction of sp³-hybridized carbons (Fsp3) is 0.478. The van der Waals surface area contributed by atoms with Gasteiger partial charge in [-0.2, -0.15) is 0 Å². The molecule has 1 amide bonds. The number of amides is 1. The molecule has 0 bridgehead atoms. The fourth-order valence-corrected chi connectivity index (χ4v) is 4.43. The Balaban J connectivity index is 1.43. The molecule has 2 saturated heterocycles. The average molecular weight is 397 g/mol. The van der Waals surface area contributed by atoms with Gasteiger partial charge in [0.15, 0.2) is 0 Å². The Morgan fingerprint density at radius 2 is 1.90 bits per heavy atom. The van der Waals surface area contributed by atoms with Crippen LogP contribution in [-0.2, 0) is 11.3 Å². The first kappa shape index (κ1) is 19.8. The van der Waals surface area contributed by atoms with E-state index in [1.54, 1.807) is 13.0 Å². The van der Waals surface area contributed by atoms with Gasteiger partial charge >= 0.3 is 0 Å². The summed E-state index contributed by atoms with van der Waals surface area (Å²) in [5, 5.41) is 0. The molecule has 29 heavy (non-hydrogen) atoms. The second-order valence-electron chi connectivity index (χ2n) is 8.20. The molecule has 2 fully saturated rings. The van der Waals surface area contributed by atoms with E-state index in [0.29, 0.717) is 12.5 Å². The standard InChI is InChI=1S/C23H29FN4O/c1-17-13-21(28-11-9-27(10-12-28)18(2)29)14-23(25-17)20-7-8-26(16-20)15-19-5-3-4-6-22(19)24/h3-6,13-14,20H,7-12,15-16H2,1-2H3. The van der Waals surface area contributed by atoms with Gasteiger partial charge in [-0.05, 0) is 38.1 Å². The first-order valence-corrected chi connectivity index (χ1v) is 10.4. The van der Waals surface area contributed by atoms with E-state index in [-0.39, 0.29) is 11.7 Å². The summed E-state index contributed by atoms with van der Waals surface area (Å²) in [4.78, 5) is 23.0. The van der Waals surface area contributed by atoms with Crippen molar-refractivity contribution in [1.82, 2.24) is 14.8 Å². The summed E-state index contributed by atoms with van der Waals surface area (Å²) in [5.74, 6) is 0.396. The predicted octanol–water partition coefficient (Wildman–Crippen LogP) is 3.19. The topological polar surface area (TPSA) is 39.7 Å². The highest BCUT2D eigenvalue weighted by atomic mass is 19.1. The minimum Gasteiger partial charge on any atom is -0.368 e. The molecule has 0 aliphatic carbocycles. The van der Waals surface area contributed by atoms with Gasteiger partial charge < -0.3 is 9.80 Å². The van der Waals surface area contributed by atoms with Gasteiger partial charge in [-0.15, -0.1) is 0 Å². The highest BCUT2D eigenvalue weighted by Gasteiger charge is 2.27. The van der Waals surface area contributed by atoms with Crippen LogP contribution in [0.5, 0.6) is 0 Å². The third-order valence-electron chi connectivity index (χ3n) is 6.09. The van der Waals surface area contributed by atoms with Gasteiger partial charge in [0.25, 0.3) is 0 Å². The Hall–Kier alpha value is -2.47. The predicted molar refractivity (Wildman–Crippen MR) is 112 cm³/mol. The molecule has 1 unspecified atom stereocenters. The number of nitrogens with zero attached hydrogens (tertiary/aromatic N) is 4. The highest BCUT2D eigenvalue weighted by molar-refractivity contribution is 5.73. The lowest BCUT2D eigenvalue weighted by molar-refractivity contribution is -0.129. The van der Waals surface area contributed by atoms with E-state index in [1.165, 1.54) is 11.8 Å². The van der Waals surface area contributed by atoms with Crippen molar-refractivity contribution in [3.63, 3.8) is 0 Å². The van der Waals surface area contributed by atoms with Crippen molar-refractivity contribution in [2.45, 2.75) is 32.7 Å². The van der Waals surface area contributed by atoms with Gasteiger partial charge in [0.1, 0.15) is 5.82 Å². The number of piperazine rings is 1. The first-order chi connectivity index (χ1) is 14.0. The summed E-state index contributed by atoms with van der Waals surface area (Å²) in [5.41, 5.74) is 4.11. The van der Waals surface area contributed by atoms with E-state index >= 15 is 0 Å². The number of likely N-dealkylation sites (tertiary alicyclic amines) is 1. The van der Waals surface area contributed by atoms with Crippen LogP contribution in [0.1, 0.15) is 36.2 Å². The monoisotopic (exact) mass is 396 g/mol. The average Bonchev–Trinajstić information content (AvgIpc) is 3.18. The van der Waals surface area contributed by atoms with Crippen LogP contribution in [0.15, 0.2) is 36.4 Å². The molecule has 4 rings (SSSR count). The Morgan fingerprint density at radius 1 is 1.14 bits per heavy atom. The van der Waals surface area contributed by atoms with Gasteiger partial charge in [0.2, 0.25) is 5.91 Å². The number of benzene rings is 1. The van der Waals surface area contributed by atoms with Crippen LogP contribution in [-0.4, -0.2) is 60.0 Å². The molecule has 6 heteroatoms. The van der Waals surface area contributed by atoms with Crippen LogP contribution < -0.4 is 4.90 Å². The third-order valence-corrected chi connectivity index (χ3v) is 6.09. The van der Waals surface area contributed by atoms with Gasteiger partial charge in [-0.1, -0.05) is 18.2 Å². The molecule has 0 N–H and O–H groups in total. The number of carbonyl (C=O) groups is 1. The maximum Gasteiger partial charge on any atom is 0.219 e. The summed E-state index contributed by atoms with van der Waals surface area (Å²) < 4.78 is 14.0. The molecule has 2 aromatic rings. The lowest BCUT2D eigenvalue weighted by atomic mass is 10.0. The normalized spacial score (nSPS) is 20.3. The molecule has 2 aliphatic heterocycles. The van der Waals surface area contributed by atoms with Crippen molar-refractivity contribution < 1.29 is 9.18 Å². The number of aryl methyl sites for hydroxylation is 1. The SMILES string of the molecule is CC(=O)N1CCN(c2cc(C)nc(C3CCN(Cc4ccccc4F)C3)c2)CC1. The number of aromatic nitrogens is 1. The minimum absolute atomic E-state index is 0.128. The second-order valence-corrected chi connectivity index (χ2v) is 8.20. The van der Waals surface area contributed by atoms with Crippen molar-refractivity contribution in [1.29, 1.82) is 0 Å². The Bertz CT molecular complexity index is 879. The summed E-state index contributed by atoms with van der Waals surface area (Å²) in [6.07, 6.45) is 1.04. The molecule has 1 atom stereocenters. The highest BCUT2D eigenvalue weighted by Crippen LogP contribution is 2.30. The molecule has 5 nitrogen and oxygen atoms in total. The molecular weight excluding hydrogens is 367 g/mol. The molecule has 0 radical (unpaired) electrons. The maximum absolute atomic E-state index is 14.0. The Morgan fingerprint density at radius 3 is 2.62 bits per heavy atom. The van der Waals surface area contributed by atoms with Gasteiger partial charge in [0.05, 0.1) is 0 Å². The molecule has 3 heterocycles. The van der Waals surface area contributed by atoms with Crippen LogP contribution >= 0.6 is 0 Å². The lowest BCUT2D eigenvalue weighted by Crippen LogP contribution is -2.48. The van der Waals surface area contributed by atoms with Crippen LogP contribution in [0, 0.1) is 12.7 Å². The maximum atomic E-state index is 14.0. The molecule has 2 aliphatic rings. The molecular formula is C23H29FN4O. The third kappa shape index (κ3) is 4.58. The number of rotatable bonds is 4. The van der Waals surface area contributed by atoms with Gasteiger partial charge in [-0.25, -0.2) is 4.39 Å². The van der Waals surface area contributed by atoms with Gasteiger partial charge in [0, 0.05) is 74.7 Å². The lowest BCUT2D eigenvalue weighted by Gasteiger charge is -2.36. The van der Waals surface area contributed by atoms with Crippen LogP contribution in [0.4, 0.5) is 10.1 Å².